The van der Waals surface area contributed by atoms with Crippen molar-refractivity contribution in [3.05, 3.63) is 23.8 Å². The predicted molar refractivity (Wildman–Crippen MR) is 86.7 cm³/mol. The number of ether oxygens (including phenoxy) is 1. The van der Waals surface area contributed by atoms with Crippen molar-refractivity contribution in [2.24, 2.45) is 11.8 Å². The number of phenols is 1. The number of phenolic OH excluding ortho intramolecular Hbond substituents is 1. The van der Waals surface area contributed by atoms with Gasteiger partial charge in [0, 0.05) is 6.04 Å². The number of para-hydroxylation sites is 1. The number of nitrogens with two attached hydrogens (primary N) is 1. The molecule has 3 N–H and O–H groups in total. The maximum atomic E-state index is 13.0. The molecule has 2 amide bonds. The summed E-state index contributed by atoms with van der Waals surface area (Å²) in [7, 11) is 1.40. The molecule has 2 heterocycles. The van der Waals surface area contributed by atoms with Crippen LogP contribution in [0.15, 0.2) is 18.2 Å². The molecule has 1 aromatic carbocycles. The topological polar surface area (TPSA) is 124 Å². The minimum absolute atomic E-state index is 0.166. The molecule has 140 valence electrons. The number of fused-ring (bicyclic) bond motifs is 1. The van der Waals surface area contributed by atoms with Gasteiger partial charge in [0.1, 0.15) is 29.4 Å². The van der Waals surface area contributed by atoms with E-state index in [2.05, 4.69) is 0 Å². The third-order valence-electron chi connectivity index (χ3n) is 5.51. The molecule has 0 bridgehead atoms. The highest BCUT2D eigenvalue weighted by atomic mass is 16.5. The molecule has 2 aliphatic rings. The second kappa shape index (κ2) is 5.98. The first kappa shape index (κ1) is 18.2. The third-order valence-corrected chi connectivity index (χ3v) is 5.51. The van der Waals surface area contributed by atoms with Crippen molar-refractivity contribution in [3.8, 4) is 11.5 Å². The molecule has 2 saturated heterocycles. The summed E-state index contributed by atoms with van der Waals surface area (Å²) in [5.41, 5.74) is -1.25. The van der Waals surface area contributed by atoms with Gasteiger partial charge in [0.25, 0.3) is 0 Å². The van der Waals surface area contributed by atoms with Gasteiger partial charge in [-0.3, -0.25) is 14.5 Å². The molecule has 1 aromatic rings. The van der Waals surface area contributed by atoms with E-state index in [4.69, 9.17) is 4.74 Å². The molecule has 8 nitrogen and oxygen atoms in total. The van der Waals surface area contributed by atoms with E-state index in [0.29, 0.717) is 5.56 Å². The summed E-state index contributed by atoms with van der Waals surface area (Å²) in [5.74, 6) is -4.26. The minimum Gasteiger partial charge on any atom is -0.544 e. The molecule has 3 rings (SSSR count). The lowest BCUT2D eigenvalue weighted by atomic mass is 9.80. The van der Waals surface area contributed by atoms with Crippen molar-refractivity contribution >= 4 is 17.8 Å². The molecule has 0 spiro atoms. The van der Waals surface area contributed by atoms with Crippen LogP contribution in [0.3, 0.4) is 0 Å². The Morgan fingerprint density at radius 3 is 2.54 bits per heavy atom. The number of benzene rings is 1. The van der Waals surface area contributed by atoms with Crippen LogP contribution in [-0.2, 0) is 14.4 Å². The molecule has 2 aliphatic heterocycles. The number of carboxylic acids is 1. The van der Waals surface area contributed by atoms with Gasteiger partial charge in [-0.15, -0.1) is 0 Å². The Labute approximate surface area is 150 Å². The lowest BCUT2D eigenvalue weighted by Crippen LogP contribution is -2.98. The summed E-state index contributed by atoms with van der Waals surface area (Å²) < 4.78 is 5.11. The second-order valence-corrected chi connectivity index (χ2v) is 7.30. The van der Waals surface area contributed by atoms with Crippen LogP contribution in [0.4, 0.5) is 0 Å². The number of likely N-dealkylation sites (tertiary alicyclic amines) is 1. The molecule has 26 heavy (non-hydrogen) atoms. The Hall–Kier alpha value is -2.61. The summed E-state index contributed by atoms with van der Waals surface area (Å²) in [6.45, 7) is 4.80. The zero-order chi connectivity index (χ0) is 19.4. The van der Waals surface area contributed by atoms with Crippen LogP contribution in [0.5, 0.6) is 11.5 Å². The fraction of sp³-hybridized carbons (Fsp3) is 0.500. The Kier molecular flexibility index (Phi) is 4.18. The van der Waals surface area contributed by atoms with E-state index in [1.54, 1.807) is 32.0 Å². The second-order valence-electron chi connectivity index (χ2n) is 7.30. The number of carbonyl (C=O) groups is 3. The lowest BCUT2D eigenvalue weighted by Gasteiger charge is -2.30. The number of carboxylic acid groups (broad SMARTS) is 1. The summed E-state index contributed by atoms with van der Waals surface area (Å²) in [6.07, 6.45) is 0. The van der Waals surface area contributed by atoms with Crippen molar-refractivity contribution in [1.29, 1.82) is 0 Å². The van der Waals surface area contributed by atoms with Gasteiger partial charge in [0.15, 0.2) is 11.5 Å². The van der Waals surface area contributed by atoms with Crippen molar-refractivity contribution < 1.29 is 34.7 Å². The van der Waals surface area contributed by atoms with Crippen molar-refractivity contribution in [3.63, 3.8) is 0 Å². The fourth-order valence-electron chi connectivity index (χ4n) is 4.25. The van der Waals surface area contributed by atoms with E-state index in [1.165, 1.54) is 19.4 Å². The fourth-order valence-corrected chi connectivity index (χ4v) is 4.25. The van der Waals surface area contributed by atoms with Gasteiger partial charge in [-0.2, -0.15) is 0 Å². The van der Waals surface area contributed by atoms with Crippen LogP contribution in [0, 0.1) is 11.8 Å². The highest BCUT2D eigenvalue weighted by Crippen LogP contribution is 2.47. The summed E-state index contributed by atoms with van der Waals surface area (Å²) in [4.78, 5) is 38.8. The number of nitrogens with zero attached hydrogens (tertiary/aromatic N) is 1. The zero-order valence-electron chi connectivity index (χ0n) is 15.1. The smallest absolute Gasteiger partial charge is 0.240 e. The Balaban J connectivity index is 2.16. The van der Waals surface area contributed by atoms with Crippen LogP contribution in [0.2, 0.25) is 0 Å². The number of rotatable bonds is 4. The number of amides is 2. The normalized spacial score (nSPS) is 30.8. The number of quaternary nitrogens is 1. The monoisotopic (exact) mass is 362 g/mol. The average Bonchev–Trinajstić information content (AvgIpc) is 3.02. The van der Waals surface area contributed by atoms with Crippen molar-refractivity contribution in [2.75, 3.05) is 7.11 Å². The van der Waals surface area contributed by atoms with Gasteiger partial charge in [0.05, 0.1) is 12.7 Å². The van der Waals surface area contributed by atoms with Crippen LogP contribution < -0.4 is 15.2 Å². The summed E-state index contributed by atoms with van der Waals surface area (Å²) in [6, 6.07) is 3.69. The van der Waals surface area contributed by atoms with Gasteiger partial charge < -0.3 is 25.1 Å². The maximum absolute atomic E-state index is 13.0. The lowest BCUT2D eigenvalue weighted by molar-refractivity contribution is -0.735. The van der Waals surface area contributed by atoms with Gasteiger partial charge in [-0.05, 0) is 32.9 Å². The standard InChI is InChI=1S/C18H22N2O6/c1-8(2)20-15(22)11-12(16(20)23)18(3,17(24)25)19-13(11)9-6-5-7-10(26-4)14(9)21/h5-8,11-13,19,21H,1-4H3,(H,24,25)/t11-,12-,13+,18+/m0/s1. The molecule has 0 unspecified atom stereocenters. The Morgan fingerprint density at radius 1 is 1.35 bits per heavy atom. The van der Waals surface area contributed by atoms with E-state index < -0.39 is 41.2 Å². The molecular weight excluding hydrogens is 340 g/mol. The maximum Gasteiger partial charge on any atom is 0.240 e. The first-order valence-electron chi connectivity index (χ1n) is 8.45. The predicted octanol–water partition coefficient (Wildman–Crippen LogP) is -1.46. The van der Waals surface area contributed by atoms with Crippen LogP contribution in [0.25, 0.3) is 0 Å². The molecular formula is C18H22N2O6. The van der Waals surface area contributed by atoms with E-state index in [1.807, 2.05) is 0 Å². The molecule has 0 saturated carbocycles. The third kappa shape index (κ3) is 2.28. The van der Waals surface area contributed by atoms with Gasteiger partial charge in [0.2, 0.25) is 11.8 Å². The molecule has 0 aliphatic carbocycles. The molecule has 0 radical (unpaired) electrons. The van der Waals surface area contributed by atoms with Crippen LogP contribution in [0.1, 0.15) is 32.4 Å². The molecule has 8 heteroatoms. The number of carbonyl (C=O) groups excluding carboxylic acids is 3. The van der Waals surface area contributed by atoms with E-state index in [0.717, 1.165) is 4.90 Å². The minimum atomic E-state index is -1.61. The quantitative estimate of drug-likeness (QED) is 0.631. The van der Waals surface area contributed by atoms with Crippen molar-refractivity contribution in [1.82, 2.24) is 4.90 Å². The first-order chi connectivity index (χ1) is 12.1. The molecule has 4 atom stereocenters. The highest BCUT2D eigenvalue weighted by Gasteiger charge is 2.68. The van der Waals surface area contributed by atoms with Gasteiger partial charge in [-0.25, -0.2) is 0 Å². The Bertz CT molecular complexity index is 792. The highest BCUT2D eigenvalue weighted by molar-refractivity contribution is 6.08. The largest absolute Gasteiger partial charge is 0.544 e. The zero-order valence-corrected chi connectivity index (χ0v) is 15.1. The number of imide groups is 1. The van der Waals surface area contributed by atoms with E-state index in [-0.39, 0.29) is 17.5 Å². The average molecular weight is 362 g/mol. The number of hydrogen-bond acceptors (Lipinski definition) is 6. The van der Waals surface area contributed by atoms with Gasteiger partial charge >= 0.3 is 0 Å². The Morgan fingerprint density at radius 2 is 2.00 bits per heavy atom. The summed E-state index contributed by atoms with van der Waals surface area (Å²) in [5, 5.41) is 23.8. The van der Waals surface area contributed by atoms with Crippen LogP contribution in [-0.4, -0.2) is 46.5 Å². The number of aliphatic carboxylic acids is 1. The number of aromatic hydroxyl groups is 1. The van der Waals surface area contributed by atoms with E-state index in [9.17, 15) is 24.6 Å². The number of methoxy groups -OCH3 is 1. The first-order valence-corrected chi connectivity index (χ1v) is 8.45. The van der Waals surface area contributed by atoms with E-state index >= 15 is 0 Å². The number of hydrogen-bond donors (Lipinski definition) is 2. The summed E-state index contributed by atoms with van der Waals surface area (Å²) >= 11 is 0. The molecule has 2 fully saturated rings. The molecule has 0 aromatic heterocycles. The van der Waals surface area contributed by atoms with Crippen LogP contribution >= 0.6 is 0 Å². The van der Waals surface area contributed by atoms with Crippen molar-refractivity contribution in [2.45, 2.75) is 38.4 Å². The SMILES string of the molecule is COc1cccc([C@H]2[NH2+][C@@](C)(C(=O)[O-])[C@@H]3C(=O)N(C(C)C)C(=O)[C@H]23)c1O. The van der Waals surface area contributed by atoms with Gasteiger partial charge in [-0.1, -0.05) is 6.07 Å².